The maximum Gasteiger partial charge on any atom is 0.0791 e. The van der Waals surface area contributed by atoms with E-state index in [9.17, 15) is 5.11 Å². The van der Waals surface area contributed by atoms with Crippen LogP contribution in [0.1, 0.15) is 45.4 Å². The summed E-state index contributed by atoms with van der Waals surface area (Å²) in [6, 6.07) is 0.535. The summed E-state index contributed by atoms with van der Waals surface area (Å²) in [5, 5.41) is 13.7. The van der Waals surface area contributed by atoms with Gasteiger partial charge in [0.05, 0.1) is 19.3 Å². The highest BCUT2D eigenvalue weighted by atomic mass is 16.5. The lowest BCUT2D eigenvalue weighted by Crippen LogP contribution is -2.46. The number of morpholine rings is 1. The van der Waals surface area contributed by atoms with E-state index in [1.54, 1.807) is 0 Å². The molecule has 0 aromatic heterocycles. The molecule has 1 heterocycles. The van der Waals surface area contributed by atoms with Gasteiger partial charge in [-0.3, -0.25) is 4.90 Å². The second kappa shape index (κ2) is 8.98. The summed E-state index contributed by atoms with van der Waals surface area (Å²) in [5.41, 5.74) is 0. The molecule has 0 spiro atoms. The van der Waals surface area contributed by atoms with Gasteiger partial charge in [0.25, 0.3) is 0 Å². The van der Waals surface area contributed by atoms with Crippen LogP contribution >= 0.6 is 0 Å². The van der Waals surface area contributed by atoms with E-state index < -0.39 is 0 Å². The molecule has 4 heteroatoms. The normalized spacial score (nSPS) is 26.1. The van der Waals surface area contributed by atoms with Crippen LogP contribution < -0.4 is 5.32 Å². The van der Waals surface area contributed by atoms with Gasteiger partial charge >= 0.3 is 0 Å². The molecule has 1 aliphatic carbocycles. The quantitative estimate of drug-likeness (QED) is 0.728. The number of rotatable bonds is 6. The topological polar surface area (TPSA) is 44.7 Å². The van der Waals surface area contributed by atoms with Crippen molar-refractivity contribution in [2.75, 3.05) is 39.4 Å². The molecule has 1 aliphatic heterocycles. The van der Waals surface area contributed by atoms with E-state index in [-0.39, 0.29) is 6.10 Å². The smallest absolute Gasteiger partial charge is 0.0791 e. The van der Waals surface area contributed by atoms with E-state index in [0.717, 1.165) is 45.3 Å². The summed E-state index contributed by atoms with van der Waals surface area (Å²) in [4.78, 5) is 2.30. The molecule has 1 saturated carbocycles. The zero-order chi connectivity index (χ0) is 14.2. The zero-order valence-electron chi connectivity index (χ0n) is 13.0. The number of hydrogen-bond donors (Lipinski definition) is 2. The van der Waals surface area contributed by atoms with Crippen LogP contribution in [0.2, 0.25) is 0 Å². The molecular weight excluding hydrogens is 252 g/mol. The third-order valence-electron chi connectivity index (χ3n) is 4.86. The first-order chi connectivity index (χ1) is 9.75. The summed E-state index contributed by atoms with van der Waals surface area (Å²) in [7, 11) is 0. The van der Waals surface area contributed by atoms with E-state index >= 15 is 0 Å². The maximum absolute atomic E-state index is 10.2. The number of aliphatic hydroxyl groups excluding tert-OH is 1. The Morgan fingerprint density at radius 1 is 1.15 bits per heavy atom. The molecule has 0 radical (unpaired) electrons. The SMILES string of the molecule is C[C@@H](NCC(O)CN1CCOCC1)C1CCCCCC1. The Morgan fingerprint density at radius 2 is 1.80 bits per heavy atom. The molecule has 118 valence electrons. The van der Waals surface area contributed by atoms with Crippen LogP contribution in [0.15, 0.2) is 0 Å². The number of nitrogens with zero attached hydrogens (tertiary/aromatic N) is 1. The lowest BCUT2D eigenvalue weighted by atomic mass is 9.93. The predicted octanol–water partition coefficient (Wildman–Crippen LogP) is 1.63. The second-order valence-electron chi connectivity index (χ2n) is 6.52. The highest BCUT2D eigenvalue weighted by molar-refractivity contribution is 4.77. The Bertz CT molecular complexity index is 249. The van der Waals surface area contributed by atoms with Crippen molar-refractivity contribution in [3.05, 3.63) is 0 Å². The van der Waals surface area contributed by atoms with Gasteiger partial charge < -0.3 is 15.2 Å². The van der Waals surface area contributed by atoms with Crippen molar-refractivity contribution in [2.24, 2.45) is 5.92 Å². The summed E-state index contributed by atoms with van der Waals surface area (Å²) in [5.74, 6) is 0.799. The van der Waals surface area contributed by atoms with Crippen LogP contribution in [-0.2, 0) is 4.74 Å². The monoisotopic (exact) mass is 284 g/mol. The van der Waals surface area contributed by atoms with Crippen molar-refractivity contribution in [3.63, 3.8) is 0 Å². The van der Waals surface area contributed by atoms with Crippen molar-refractivity contribution in [1.29, 1.82) is 0 Å². The molecule has 1 saturated heterocycles. The molecule has 2 aliphatic rings. The van der Waals surface area contributed by atoms with Crippen LogP contribution in [0.25, 0.3) is 0 Å². The Labute approximate surface area is 123 Å². The molecule has 0 amide bonds. The molecule has 0 aromatic rings. The fraction of sp³-hybridized carbons (Fsp3) is 1.00. The van der Waals surface area contributed by atoms with Crippen LogP contribution in [0.3, 0.4) is 0 Å². The lowest BCUT2D eigenvalue weighted by Gasteiger charge is -2.30. The van der Waals surface area contributed by atoms with Crippen molar-refractivity contribution in [3.8, 4) is 0 Å². The fourth-order valence-electron chi connectivity index (χ4n) is 3.45. The van der Waals surface area contributed by atoms with E-state index in [1.165, 1.54) is 38.5 Å². The van der Waals surface area contributed by atoms with E-state index in [4.69, 9.17) is 4.74 Å². The van der Waals surface area contributed by atoms with Crippen LogP contribution in [0, 0.1) is 5.92 Å². The average Bonchev–Trinajstić information content (AvgIpc) is 2.75. The third-order valence-corrected chi connectivity index (χ3v) is 4.86. The first-order valence-electron chi connectivity index (χ1n) is 8.47. The Kier molecular flexibility index (Phi) is 7.28. The van der Waals surface area contributed by atoms with Gasteiger partial charge in [0.15, 0.2) is 0 Å². The largest absolute Gasteiger partial charge is 0.390 e. The van der Waals surface area contributed by atoms with Crippen molar-refractivity contribution >= 4 is 0 Å². The van der Waals surface area contributed by atoms with Crippen molar-refractivity contribution in [2.45, 2.75) is 57.6 Å². The lowest BCUT2D eigenvalue weighted by molar-refractivity contribution is 0.0142. The first-order valence-corrected chi connectivity index (χ1v) is 8.47. The minimum atomic E-state index is -0.263. The highest BCUT2D eigenvalue weighted by Crippen LogP contribution is 2.25. The van der Waals surface area contributed by atoms with Gasteiger partial charge in [-0.2, -0.15) is 0 Å². The van der Waals surface area contributed by atoms with E-state index in [2.05, 4.69) is 17.1 Å². The van der Waals surface area contributed by atoms with Crippen LogP contribution in [0.4, 0.5) is 0 Å². The number of ether oxygens (including phenoxy) is 1. The van der Waals surface area contributed by atoms with Crippen molar-refractivity contribution in [1.82, 2.24) is 10.2 Å². The first kappa shape index (κ1) is 16.2. The minimum Gasteiger partial charge on any atom is -0.390 e. The third kappa shape index (κ3) is 5.68. The summed E-state index contributed by atoms with van der Waals surface area (Å²) >= 11 is 0. The van der Waals surface area contributed by atoms with Gasteiger partial charge in [-0.1, -0.05) is 25.7 Å². The molecular formula is C16H32N2O2. The van der Waals surface area contributed by atoms with Crippen LogP contribution in [0.5, 0.6) is 0 Å². The fourth-order valence-corrected chi connectivity index (χ4v) is 3.45. The zero-order valence-corrected chi connectivity index (χ0v) is 13.0. The standard InChI is InChI=1S/C16H32N2O2/c1-14(15-6-4-2-3-5-7-15)17-12-16(19)13-18-8-10-20-11-9-18/h14-17,19H,2-13H2,1H3/t14-,16?/m1/s1. The number of aliphatic hydroxyl groups is 1. The molecule has 2 atom stereocenters. The predicted molar refractivity (Wildman–Crippen MR) is 81.9 cm³/mol. The van der Waals surface area contributed by atoms with Gasteiger partial charge in [0, 0.05) is 32.2 Å². The van der Waals surface area contributed by atoms with Gasteiger partial charge in [0.2, 0.25) is 0 Å². The van der Waals surface area contributed by atoms with Gasteiger partial charge in [0.1, 0.15) is 0 Å². The average molecular weight is 284 g/mol. The Hall–Kier alpha value is -0.160. The molecule has 2 N–H and O–H groups in total. The molecule has 0 bridgehead atoms. The molecule has 1 unspecified atom stereocenters. The number of β-amino-alcohol motifs (C(OH)–C–C–N with tert-alkyl or cyclic N) is 1. The van der Waals surface area contributed by atoms with Gasteiger partial charge in [-0.15, -0.1) is 0 Å². The van der Waals surface area contributed by atoms with E-state index in [0.29, 0.717) is 6.04 Å². The Morgan fingerprint density at radius 3 is 2.45 bits per heavy atom. The number of nitrogens with one attached hydrogen (secondary N) is 1. The molecule has 20 heavy (non-hydrogen) atoms. The Balaban J connectivity index is 1.62. The summed E-state index contributed by atoms with van der Waals surface area (Å²) < 4.78 is 5.33. The molecule has 2 rings (SSSR count). The number of hydrogen-bond acceptors (Lipinski definition) is 4. The second-order valence-corrected chi connectivity index (χ2v) is 6.52. The van der Waals surface area contributed by atoms with Gasteiger partial charge in [-0.25, -0.2) is 0 Å². The minimum absolute atomic E-state index is 0.263. The molecule has 4 nitrogen and oxygen atoms in total. The highest BCUT2D eigenvalue weighted by Gasteiger charge is 2.20. The summed E-state index contributed by atoms with van der Waals surface area (Å²) in [6.45, 7) is 7.29. The molecule has 2 fully saturated rings. The van der Waals surface area contributed by atoms with Crippen LogP contribution in [-0.4, -0.2) is 61.5 Å². The molecule has 0 aromatic carbocycles. The maximum atomic E-state index is 10.2. The van der Waals surface area contributed by atoms with E-state index in [1.807, 2.05) is 0 Å². The summed E-state index contributed by atoms with van der Waals surface area (Å²) in [6.07, 6.45) is 8.02. The van der Waals surface area contributed by atoms with Crippen molar-refractivity contribution < 1.29 is 9.84 Å². The van der Waals surface area contributed by atoms with Gasteiger partial charge in [-0.05, 0) is 25.7 Å².